The third kappa shape index (κ3) is 2.11. The summed E-state index contributed by atoms with van der Waals surface area (Å²) in [7, 11) is -1.55. The fourth-order valence-corrected chi connectivity index (χ4v) is 4.20. The molecule has 1 N–H and O–H groups in total. The van der Waals surface area contributed by atoms with Gasteiger partial charge in [0.1, 0.15) is 0 Å². The summed E-state index contributed by atoms with van der Waals surface area (Å²) in [6.07, 6.45) is 0. The highest BCUT2D eigenvalue weighted by atomic mass is 32.2. The topological polar surface area (TPSA) is 58.6 Å². The van der Waals surface area contributed by atoms with Crippen LogP contribution < -0.4 is 15.0 Å². The monoisotopic (exact) mass is 286 g/mol. The second-order valence-electron chi connectivity index (χ2n) is 4.85. The summed E-state index contributed by atoms with van der Waals surface area (Å²) in [4.78, 5) is 2.02. The molecule has 2 aliphatic rings. The zero-order valence-corrected chi connectivity index (χ0v) is 11.3. The van der Waals surface area contributed by atoms with Gasteiger partial charge in [-0.05, 0) is 0 Å². The minimum atomic E-state index is -2.97. The molecule has 1 aromatic rings. The van der Waals surface area contributed by atoms with Gasteiger partial charge in [-0.2, -0.15) is 0 Å². The van der Waals surface area contributed by atoms with Crippen LogP contribution in [0.1, 0.15) is 0 Å². The molecule has 0 amide bonds. The van der Waals surface area contributed by atoms with Crippen LogP contribution in [-0.4, -0.2) is 46.2 Å². The predicted octanol–water partition coefficient (Wildman–Crippen LogP) is 0.863. The number of nitrogens with one attached hydrogen (secondary N) is 1. The van der Waals surface area contributed by atoms with Crippen LogP contribution >= 0.6 is 0 Å². The molecule has 2 heterocycles. The van der Waals surface area contributed by atoms with Crippen molar-refractivity contribution in [1.82, 2.24) is 0 Å². The van der Waals surface area contributed by atoms with Gasteiger partial charge in [0.2, 0.25) is 0 Å². The molecule has 1 unspecified atom stereocenters. The van der Waals surface area contributed by atoms with E-state index in [9.17, 15) is 12.8 Å². The Labute approximate surface area is 111 Å². The fourth-order valence-electron chi connectivity index (χ4n) is 2.68. The maximum atomic E-state index is 13.6. The number of hydrogen-bond donors (Lipinski definition) is 1. The summed E-state index contributed by atoms with van der Waals surface area (Å²) in [5, 5.41) is 3.09. The second-order valence-corrected chi connectivity index (χ2v) is 7.08. The standard InChI is InChI=1S/C12H15FN2O3S/c1-18-12-5-11-10(4-9(12)13)14-6-8-7-19(16,17)3-2-15(8)11/h4-5,8,14H,2-3,6-7H2,1H3. The highest BCUT2D eigenvalue weighted by Crippen LogP contribution is 2.37. The first-order valence-electron chi connectivity index (χ1n) is 6.08. The maximum Gasteiger partial charge on any atom is 0.167 e. The van der Waals surface area contributed by atoms with Gasteiger partial charge in [0.15, 0.2) is 21.4 Å². The van der Waals surface area contributed by atoms with E-state index in [4.69, 9.17) is 4.74 Å². The molecule has 0 spiro atoms. The van der Waals surface area contributed by atoms with E-state index in [1.807, 2.05) is 4.90 Å². The van der Waals surface area contributed by atoms with Crippen molar-refractivity contribution in [2.24, 2.45) is 0 Å². The molecule has 7 heteroatoms. The summed E-state index contributed by atoms with van der Waals surface area (Å²) < 4.78 is 41.9. The molecule has 1 atom stereocenters. The normalized spacial score (nSPS) is 24.1. The summed E-state index contributed by atoms with van der Waals surface area (Å²) in [5.74, 6) is 0.0355. The van der Waals surface area contributed by atoms with Crippen LogP contribution in [0.2, 0.25) is 0 Å². The Hall–Kier alpha value is -1.50. The number of hydrogen-bond acceptors (Lipinski definition) is 5. The van der Waals surface area contributed by atoms with Crippen molar-refractivity contribution in [2.45, 2.75) is 6.04 Å². The highest BCUT2D eigenvalue weighted by Gasteiger charge is 2.35. The summed E-state index contributed by atoms with van der Waals surface area (Å²) >= 11 is 0. The van der Waals surface area contributed by atoms with Crippen LogP contribution in [0.5, 0.6) is 5.75 Å². The number of fused-ring (bicyclic) bond motifs is 3. The van der Waals surface area contributed by atoms with Crippen molar-refractivity contribution in [3.05, 3.63) is 17.9 Å². The van der Waals surface area contributed by atoms with E-state index in [2.05, 4.69) is 5.32 Å². The molecule has 0 aromatic heterocycles. The van der Waals surface area contributed by atoms with Gasteiger partial charge in [0.25, 0.3) is 0 Å². The lowest BCUT2D eigenvalue weighted by Gasteiger charge is -2.42. The van der Waals surface area contributed by atoms with Crippen molar-refractivity contribution < 1.29 is 17.5 Å². The third-order valence-electron chi connectivity index (χ3n) is 3.64. The second kappa shape index (κ2) is 4.26. The number of sulfone groups is 1. The summed E-state index contributed by atoms with van der Waals surface area (Å²) in [6.45, 7) is 0.953. The van der Waals surface area contributed by atoms with Crippen molar-refractivity contribution >= 4 is 21.2 Å². The molecule has 2 aliphatic heterocycles. The van der Waals surface area contributed by atoms with Crippen LogP contribution in [0.3, 0.4) is 0 Å². The average Bonchev–Trinajstić information content (AvgIpc) is 2.36. The van der Waals surface area contributed by atoms with Crippen LogP contribution in [-0.2, 0) is 9.84 Å². The van der Waals surface area contributed by atoms with E-state index in [1.165, 1.54) is 13.2 Å². The quantitative estimate of drug-likeness (QED) is 0.830. The Bertz CT molecular complexity index is 618. The number of nitrogens with zero attached hydrogens (tertiary/aromatic N) is 1. The van der Waals surface area contributed by atoms with Crippen molar-refractivity contribution in [3.8, 4) is 5.75 Å². The minimum Gasteiger partial charge on any atom is -0.494 e. The SMILES string of the molecule is COc1cc2c(cc1F)NCC1CS(=O)(=O)CCN21. The number of halogens is 1. The molecule has 1 aromatic carbocycles. The molecule has 0 radical (unpaired) electrons. The van der Waals surface area contributed by atoms with E-state index in [0.717, 1.165) is 5.69 Å². The van der Waals surface area contributed by atoms with E-state index in [0.29, 0.717) is 18.8 Å². The average molecular weight is 286 g/mol. The van der Waals surface area contributed by atoms with Gasteiger partial charge in [-0.15, -0.1) is 0 Å². The fraction of sp³-hybridized carbons (Fsp3) is 0.500. The Morgan fingerprint density at radius 2 is 2.26 bits per heavy atom. The van der Waals surface area contributed by atoms with Gasteiger partial charge >= 0.3 is 0 Å². The van der Waals surface area contributed by atoms with Crippen molar-refractivity contribution in [2.75, 3.05) is 41.9 Å². The Morgan fingerprint density at radius 3 is 3.00 bits per heavy atom. The number of methoxy groups -OCH3 is 1. The van der Waals surface area contributed by atoms with Gasteiger partial charge in [0.05, 0.1) is 36.0 Å². The maximum absolute atomic E-state index is 13.6. The van der Waals surface area contributed by atoms with Crippen LogP contribution in [0.15, 0.2) is 12.1 Å². The molecule has 1 saturated heterocycles. The van der Waals surface area contributed by atoms with Gasteiger partial charge in [0, 0.05) is 25.2 Å². The molecule has 5 nitrogen and oxygen atoms in total. The van der Waals surface area contributed by atoms with Gasteiger partial charge in [-0.1, -0.05) is 0 Å². The van der Waals surface area contributed by atoms with Gasteiger partial charge in [-0.3, -0.25) is 0 Å². The molecule has 104 valence electrons. The summed E-state index contributed by atoms with van der Waals surface area (Å²) in [5.41, 5.74) is 1.50. The van der Waals surface area contributed by atoms with Gasteiger partial charge in [-0.25, -0.2) is 12.8 Å². The van der Waals surface area contributed by atoms with E-state index in [1.54, 1.807) is 6.07 Å². The molecule has 3 rings (SSSR count). The Morgan fingerprint density at radius 1 is 1.47 bits per heavy atom. The zero-order valence-electron chi connectivity index (χ0n) is 10.5. The predicted molar refractivity (Wildman–Crippen MR) is 71.2 cm³/mol. The molecule has 19 heavy (non-hydrogen) atoms. The Balaban J connectivity index is 2.01. The molecular formula is C12H15FN2O3S. The van der Waals surface area contributed by atoms with E-state index in [-0.39, 0.29) is 23.3 Å². The van der Waals surface area contributed by atoms with Crippen LogP contribution in [0.25, 0.3) is 0 Å². The van der Waals surface area contributed by atoms with E-state index >= 15 is 0 Å². The molecule has 0 bridgehead atoms. The van der Waals surface area contributed by atoms with E-state index < -0.39 is 15.7 Å². The number of ether oxygens (including phenoxy) is 1. The third-order valence-corrected chi connectivity index (χ3v) is 5.34. The number of benzene rings is 1. The first-order chi connectivity index (χ1) is 9.00. The lowest BCUT2D eigenvalue weighted by atomic mass is 10.1. The molecule has 0 aliphatic carbocycles. The molecular weight excluding hydrogens is 271 g/mol. The zero-order chi connectivity index (χ0) is 13.6. The van der Waals surface area contributed by atoms with Crippen molar-refractivity contribution in [1.29, 1.82) is 0 Å². The summed E-state index contributed by atoms with van der Waals surface area (Å²) in [6, 6.07) is 2.93. The first kappa shape index (κ1) is 12.5. The molecule has 0 saturated carbocycles. The number of anilines is 2. The Kier molecular flexibility index (Phi) is 2.81. The number of rotatable bonds is 1. The lowest BCUT2D eigenvalue weighted by molar-refractivity contribution is 0.386. The van der Waals surface area contributed by atoms with Gasteiger partial charge < -0.3 is 15.0 Å². The van der Waals surface area contributed by atoms with Crippen LogP contribution in [0.4, 0.5) is 15.8 Å². The smallest absolute Gasteiger partial charge is 0.167 e. The lowest BCUT2D eigenvalue weighted by Crippen LogP contribution is -2.54. The minimum absolute atomic E-state index is 0.0959. The van der Waals surface area contributed by atoms with Crippen LogP contribution in [0, 0.1) is 5.82 Å². The first-order valence-corrected chi connectivity index (χ1v) is 7.91. The molecule has 1 fully saturated rings. The largest absolute Gasteiger partial charge is 0.494 e. The van der Waals surface area contributed by atoms with Crippen molar-refractivity contribution in [3.63, 3.8) is 0 Å². The highest BCUT2D eigenvalue weighted by molar-refractivity contribution is 7.91.